The molecule has 0 fully saturated rings. The van der Waals surface area contributed by atoms with Gasteiger partial charge in [-0.25, -0.2) is 0 Å². The van der Waals surface area contributed by atoms with Crippen molar-refractivity contribution in [3.05, 3.63) is 23.0 Å². The lowest BCUT2D eigenvalue weighted by Crippen LogP contribution is -2.34. The minimum Gasteiger partial charge on any atom is -0.364 e. The monoisotopic (exact) mass is 265 g/mol. The number of likely N-dealkylation sites (N-methyl/N-ethyl adjacent to an activating group) is 1. The fourth-order valence-corrected chi connectivity index (χ4v) is 1.98. The van der Waals surface area contributed by atoms with Crippen LogP contribution in [0.25, 0.3) is 0 Å². The fourth-order valence-electron chi connectivity index (χ4n) is 1.98. The van der Waals surface area contributed by atoms with Crippen LogP contribution in [0.1, 0.15) is 36.6 Å². The minimum absolute atomic E-state index is 0.0915. The van der Waals surface area contributed by atoms with E-state index in [1.54, 1.807) is 0 Å². The number of aromatic amines is 1. The highest BCUT2D eigenvalue weighted by Gasteiger charge is 2.08. The van der Waals surface area contributed by atoms with Gasteiger partial charge in [0.05, 0.1) is 6.42 Å². The Morgan fingerprint density at radius 2 is 2.11 bits per heavy atom. The number of H-pyrrole nitrogens is 1. The van der Waals surface area contributed by atoms with Crippen LogP contribution in [0, 0.1) is 13.8 Å². The molecule has 1 aromatic heterocycles. The summed E-state index contributed by atoms with van der Waals surface area (Å²) in [6, 6.07) is 0. The first kappa shape index (κ1) is 15.8. The zero-order chi connectivity index (χ0) is 14.3. The van der Waals surface area contributed by atoms with E-state index in [9.17, 15) is 4.79 Å². The number of aromatic nitrogens is 1. The molecule has 19 heavy (non-hydrogen) atoms. The van der Waals surface area contributed by atoms with Crippen LogP contribution in [0.3, 0.4) is 0 Å². The first-order valence-electron chi connectivity index (χ1n) is 7.13. The molecule has 2 N–H and O–H groups in total. The number of nitrogens with one attached hydrogen (secondary N) is 2. The topological polar surface area (TPSA) is 48.1 Å². The van der Waals surface area contributed by atoms with Crippen molar-refractivity contribution < 1.29 is 4.79 Å². The molecule has 0 aliphatic rings. The van der Waals surface area contributed by atoms with Crippen LogP contribution in [-0.2, 0) is 11.2 Å². The van der Waals surface area contributed by atoms with E-state index in [0.717, 1.165) is 25.3 Å². The van der Waals surface area contributed by atoms with Crippen LogP contribution in [0.2, 0.25) is 0 Å². The molecule has 0 radical (unpaired) electrons. The molecule has 0 atom stereocenters. The highest BCUT2D eigenvalue weighted by molar-refractivity contribution is 5.78. The maximum absolute atomic E-state index is 11.8. The summed E-state index contributed by atoms with van der Waals surface area (Å²) in [5.41, 5.74) is 3.42. The van der Waals surface area contributed by atoms with E-state index in [-0.39, 0.29) is 5.91 Å². The SMILES string of the molecule is CCCCN(C)CCNC(=O)Cc1[nH]cc(C)c1C. The number of unbranched alkanes of at least 4 members (excludes halogenated alkanes) is 1. The van der Waals surface area contributed by atoms with E-state index >= 15 is 0 Å². The molecule has 0 unspecified atom stereocenters. The molecule has 0 aliphatic heterocycles. The number of hydrogen-bond acceptors (Lipinski definition) is 2. The summed E-state index contributed by atoms with van der Waals surface area (Å²) in [6.07, 6.45) is 4.82. The van der Waals surface area contributed by atoms with Gasteiger partial charge in [0, 0.05) is 25.0 Å². The maximum Gasteiger partial charge on any atom is 0.225 e. The summed E-state index contributed by atoms with van der Waals surface area (Å²) < 4.78 is 0. The van der Waals surface area contributed by atoms with Crippen molar-refractivity contribution >= 4 is 5.91 Å². The van der Waals surface area contributed by atoms with Gasteiger partial charge < -0.3 is 15.2 Å². The molecular weight excluding hydrogens is 238 g/mol. The van der Waals surface area contributed by atoms with E-state index in [0.29, 0.717) is 6.42 Å². The fraction of sp³-hybridized carbons (Fsp3) is 0.667. The Kier molecular flexibility index (Phi) is 6.64. The summed E-state index contributed by atoms with van der Waals surface area (Å²) in [6.45, 7) is 9.02. The van der Waals surface area contributed by atoms with Gasteiger partial charge in [-0.05, 0) is 45.0 Å². The summed E-state index contributed by atoms with van der Waals surface area (Å²) in [5.74, 6) is 0.0915. The Morgan fingerprint density at radius 1 is 1.37 bits per heavy atom. The Morgan fingerprint density at radius 3 is 2.68 bits per heavy atom. The van der Waals surface area contributed by atoms with Gasteiger partial charge >= 0.3 is 0 Å². The molecule has 4 heteroatoms. The number of carbonyl (C=O) groups excluding carboxylic acids is 1. The average Bonchev–Trinajstić information content (AvgIpc) is 2.68. The van der Waals surface area contributed by atoms with E-state index < -0.39 is 0 Å². The molecule has 0 saturated heterocycles. The highest BCUT2D eigenvalue weighted by Crippen LogP contribution is 2.11. The molecule has 0 aliphatic carbocycles. The average molecular weight is 265 g/mol. The largest absolute Gasteiger partial charge is 0.364 e. The predicted molar refractivity (Wildman–Crippen MR) is 79.4 cm³/mol. The molecule has 0 bridgehead atoms. The lowest BCUT2D eigenvalue weighted by atomic mass is 10.1. The Balaban J connectivity index is 2.23. The van der Waals surface area contributed by atoms with Crippen molar-refractivity contribution in [2.45, 2.75) is 40.0 Å². The molecular formula is C15H27N3O. The molecule has 1 rings (SSSR count). The van der Waals surface area contributed by atoms with Gasteiger partial charge in [0.25, 0.3) is 0 Å². The predicted octanol–water partition coefficient (Wildman–Crippen LogP) is 2.02. The molecule has 1 heterocycles. The molecule has 1 amide bonds. The molecule has 1 aromatic rings. The number of rotatable bonds is 8. The van der Waals surface area contributed by atoms with Gasteiger partial charge in [-0.3, -0.25) is 4.79 Å². The van der Waals surface area contributed by atoms with Gasteiger partial charge in [-0.15, -0.1) is 0 Å². The van der Waals surface area contributed by atoms with Crippen molar-refractivity contribution in [2.24, 2.45) is 0 Å². The van der Waals surface area contributed by atoms with Crippen LogP contribution in [0.15, 0.2) is 6.20 Å². The molecule has 4 nitrogen and oxygen atoms in total. The summed E-state index contributed by atoms with van der Waals surface area (Å²) in [5, 5.41) is 2.97. The lowest BCUT2D eigenvalue weighted by Gasteiger charge is -2.16. The van der Waals surface area contributed by atoms with Crippen molar-refractivity contribution in [3.63, 3.8) is 0 Å². The van der Waals surface area contributed by atoms with E-state index in [1.165, 1.54) is 24.0 Å². The summed E-state index contributed by atoms with van der Waals surface area (Å²) in [4.78, 5) is 17.2. The van der Waals surface area contributed by atoms with E-state index in [4.69, 9.17) is 0 Å². The number of hydrogen-bond donors (Lipinski definition) is 2. The third-order valence-electron chi connectivity index (χ3n) is 3.55. The summed E-state index contributed by atoms with van der Waals surface area (Å²) >= 11 is 0. The number of nitrogens with zero attached hydrogens (tertiary/aromatic N) is 1. The second-order valence-corrected chi connectivity index (χ2v) is 5.26. The van der Waals surface area contributed by atoms with Crippen LogP contribution < -0.4 is 5.32 Å². The molecule has 108 valence electrons. The first-order chi connectivity index (χ1) is 9.04. The number of carbonyl (C=O) groups is 1. The van der Waals surface area contributed by atoms with Gasteiger partial charge in [0.15, 0.2) is 0 Å². The van der Waals surface area contributed by atoms with Crippen molar-refractivity contribution in [3.8, 4) is 0 Å². The van der Waals surface area contributed by atoms with E-state index in [2.05, 4.69) is 36.1 Å². The van der Waals surface area contributed by atoms with Crippen LogP contribution in [0.5, 0.6) is 0 Å². The second-order valence-electron chi connectivity index (χ2n) is 5.26. The number of amides is 1. The lowest BCUT2D eigenvalue weighted by molar-refractivity contribution is -0.120. The third-order valence-corrected chi connectivity index (χ3v) is 3.55. The Bertz CT molecular complexity index is 398. The smallest absolute Gasteiger partial charge is 0.225 e. The molecule has 0 spiro atoms. The van der Waals surface area contributed by atoms with Gasteiger partial charge in [0.2, 0.25) is 5.91 Å². The van der Waals surface area contributed by atoms with E-state index in [1.807, 2.05) is 13.1 Å². The Labute approximate surface area is 116 Å². The molecule has 0 aromatic carbocycles. The van der Waals surface area contributed by atoms with Crippen LogP contribution in [0.4, 0.5) is 0 Å². The van der Waals surface area contributed by atoms with Crippen molar-refractivity contribution in [2.75, 3.05) is 26.7 Å². The highest BCUT2D eigenvalue weighted by atomic mass is 16.1. The zero-order valence-corrected chi connectivity index (χ0v) is 12.7. The van der Waals surface area contributed by atoms with Gasteiger partial charge in [-0.1, -0.05) is 13.3 Å². The number of aryl methyl sites for hydroxylation is 1. The minimum atomic E-state index is 0.0915. The quantitative estimate of drug-likeness (QED) is 0.755. The zero-order valence-electron chi connectivity index (χ0n) is 12.7. The third kappa shape index (κ3) is 5.47. The van der Waals surface area contributed by atoms with Crippen molar-refractivity contribution in [1.82, 2.24) is 15.2 Å². The van der Waals surface area contributed by atoms with Crippen LogP contribution >= 0.6 is 0 Å². The standard InChI is InChI=1S/C15H27N3O/c1-5-6-8-18(4)9-7-16-15(19)10-14-13(3)12(2)11-17-14/h11,17H,5-10H2,1-4H3,(H,16,19). The first-order valence-corrected chi connectivity index (χ1v) is 7.13. The second kappa shape index (κ2) is 8.00. The van der Waals surface area contributed by atoms with Gasteiger partial charge in [0.1, 0.15) is 0 Å². The van der Waals surface area contributed by atoms with Crippen LogP contribution in [-0.4, -0.2) is 42.5 Å². The molecule has 0 saturated carbocycles. The van der Waals surface area contributed by atoms with Crippen molar-refractivity contribution in [1.29, 1.82) is 0 Å². The van der Waals surface area contributed by atoms with Gasteiger partial charge in [-0.2, -0.15) is 0 Å². The normalized spacial score (nSPS) is 11.0. The Hall–Kier alpha value is -1.29. The summed E-state index contributed by atoms with van der Waals surface area (Å²) in [7, 11) is 2.10. The maximum atomic E-state index is 11.8.